The molecule has 0 amide bonds. The minimum absolute atomic E-state index is 0.257. The Kier molecular flexibility index (Phi) is 4.65. The first-order valence-corrected chi connectivity index (χ1v) is 8.57. The maximum absolute atomic E-state index is 5.74. The van der Waals surface area contributed by atoms with E-state index >= 15 is 0 Å². The summed E-state index contributed by atoms with van der Waals surface area (Å²) in [5, 5.41) is 5.36. The van der Waals surface area contributed by atoms with Gasteiger partial charge in [-0.1, -0.05) is 50.2 Å². The Hall–Kier alpha value is -1.90. The molecule has 3 rings (SSSR count). The summed E-state index contributed by atoms with van der Waals surface area (Å²) in [5.41, 5.74) is 2.38. The van der Waals surface area contributed by atoms with Gasteiger partial charge in [0.15, 0.2) is 0 Å². The van der Waals surface area contributed by atoms with Gasteiger partial charge in [-0.2, -0.15) is 0 Å². The van der Waals surface area contributed by atoms with Crippen LogP contribution in [0.3, 0.4) is 0 Å². The van der Waals surface area contributed by atoms with E-state index in [0.717, 1.165) is 35.2 Å². The molecule has 0 radical (unpaired) electrons. The quantitative estimate of drug-likeness (QED) is 0.577. The molecule has 122 valence electrons. The number of rotatable bonds is 3. The Morgan fingerprint density at radius 3 is 2.57 bits per heavy atom. The lowest BCUT2D eigenvalue weighted by atomic mass is 9.72. The fourth-order valence-electron chi connectivity index (χ4n) is 3.44. The van der Waals surface area contributed by atoms with Crippen molar-refractivity contribution in [2.24, 2.45) is 16.5 Å². The summed E-state index contributed by atoms with van der Waals surface area (Å²) in [6, 6.07) is 10.1. The first-order chi connectivity index (χ1) is 11.0. The number of oxime groups is 1. The lowest BCUT2D eigenvalue weighted by Crippen LogP contribution is -2.28. The molecule has 1 saturated carbocycles. The predicted octanol–water partition coefficient (Wildman–Crippen LogP) is 5.19. The molecule has 0 N–H and O–H groups in total. The van der Waals surface area contributed by atoms with Crippen LogP contribution in [0.1, 0.15) is 52.0 Å². The van der Waals surface area contributed by atoms with Crippen molar-refractivity contribution in [3.8, 4) is 0 Å². The second kappa shape index (κ2) is 6.69. The smallest absolute Gasteiger partial charge is 0.127 e. The third kappa shape index (κ3) is 3.90. The molecule has 0 saturated heterocycles. The third-order valence-electron chi connectivity index (χ3n) is 4.96. The highest BCUT2D eigenvalue weighted by molar-refractivity contribution is 5.97. The van der Waals surface area contributed by atoms with E-state index in [2.05, 4.69) is 43.0 Å². The van der Waals surface area contributed by atoms with Gasteiger partial charge in [-0.15, -0.1) is 0 Å². The summed E-state index contributed by atoms with van der Waals surface area (Å²) in [6.07, 6.45) is 8.55. The summed E-state index contributed by atoms with van der Waals surface area (Å²) in [4.78, 5) is 10.2. The van der Waals surface area contributed by atoms with Crippen LogP contribution in [0.5, 0.6) is 0 Å². The van der Waals surface area contributed by atoms with Gasteiger partial charge in [0.05, 0.1) is 11.7 Å². The average Bonchev–Trinajstić information content (AvgIpc) is 2.55. The van der Waals surface area contributed by atoms with Crippen molar-refractivity contribution in [1.82, 2.24) is 4.98 Å². The summed E-state index contributed by atoms with van der Waals surface area (Å²) >= 11 is 0. The molecule has 0 aliphatic heterocycles. The summed E-state index contributed by atoms with van der Waals surface area (Å²) in [5.74, 6) is 0.800. The van der Waals surface area contributed by atoms with Crippen molar-refractivity contribution in [1.29, 1.82) is 0 Å². The topological polar surface area (TPSA) is 34.5 Å². The zero-order chi connectivity index (χ0) is 16.3. The van der Waals surface area contributed by atoms with Crippen molar-refractivity contribution in [3.05, 3.63) is 42.1 Å². The van der Waals surface area contributed by atoms with Crippen LogP contribution in [0.2, 0.25) is 0 Å². The first kappa shape index (κ1) is 16.0. The zero-order valence-electron chi connectivity index (χ0n) is 14.3. The molecule has 0 spiro atoms. The molecule has 0 atom stereocenters. The molecule has 1 aromatic heterocycles. The third-order valence-corrected chi connectivity index (χ3v) is 4.96. The highest BCUT2D eigenvalue weighted by Crippen LogP contribution is 2.38. The van der Waals surface area contributed by atoms with Crippen LogP contribution in [0, 0.1) is 11.3 Å². The number of pyridine rings is 1. The minimum atomic E-state index is 0.257. The summed E-state index contributed by atoms with van der Waals surface area (Å²) in [6.45, 7) is 7.01. The molecular weight excluding hydrogens is 284 g/mol. The van der Waals surface area contributed by atoms with Crippen LogP contribution in [-0.2, 0) is 4.84 Å². The van der Waals surface area contributed by atoms with Gasteiger partial charge in [-0.25, -0.2) is 0 Å². The van der Waals surface area contributed by atoms with E-state index in [0.29, 0.717) is 5.41 Å². The van der Waals surface area contributed by atoms with Gasteiger partial charge < -0.3 is 4.84 Å². The molecular formula is C20H26N2O. The van der Waals surface area contributed by atoms with Crippen LogP contribution in [-0.4, -0.2) is 17.3 Å². The molecule has 3 nitrogen and oxygen atoms in total. The second-order valence-electron chi connectivity index (χ2n) is 7.60. The molecule has 23 heavy (non-hydrogen) atoms. The number of fused-ring (bicyclic) bond motifs is 1. The summed E-state index contributed by atoms with van der Waals surface area (Å²) in [7, 11) is 0. The van der Waals surface area contributed by atoms with Gasteiger partial charge in [0.25, 0.3) is 0 Å². The Balaban J connectivity index is 1.59. The molecule has 2 aromatic rings. The number of para-hydroxylation sites is 1. The lowest BCUT2D eigenvalue weighted by molar-refractivity contribution is 0.00768. The number of hydrogen-bond acceptors (Lipinski definition) is 3. The molecule has 0 unspecified atom stereocenters. The number of nitrogens with zero attached hydrogens (tertiary/aromatic N) is 2. The average molecular weight is 310 g/mol. The standard InChI is InChI=1S/C20H26N2O/c1-20(2,3)17-9-11-18(12-10-17)23-22-14-16-7-4-6-15-8-5-13-21-19(15)16/h4-8,13-14,17-18H,9-12H2,1-3H3/b22-14+. The molecule has 1 fully saturated rings. The fraction of sp³-hybridized carbons (Fsp3) is 0.500. The van der Waals surface area contributed by atoms with Gasteiger partial charge in [-0.05, 0) is 43.1 Å². The van der Waals surface area contributed by atoms with Crippen LogP contribution >= 0.6 is 0 Å². The molecule has 0 bridgehead atoms. The highest BCUT2D eigenvalue weighted by Gasteiger charge is 2.30. The molecule has 1 aliphatic rings. The van der Waals surface area contributed by atoms with E-state index < -0.39 is 0 Å². The van der Waals surface area contributed by atoms with E-state index in [4.69, 9.17) is 4.84 Å². The first-order valence-electron chi connectivity index (χ1n) is 8.57. The Morgan fingerprint density at radius 1 is 1.09 bits per heavy atom. The molecule has 1 aliphatic carbocycles. The van der Waals surface area contributed by atoms with Gasteiger partial charge >= 0.3 is 0 Å². The lowest BCUT2D eigenvalue weighted by Gasteiger charge is -2.36. The maximum Gasteiger partial charge on any atom is 0.127 e. The van der Waals surface area contributed by atoms with E-state index in [1.807, 2.05) is 24.4 Å². The molecule has 1 heterocycles. The van der Waals surface area contributed by atoms with Gasteiger partial charge in [0.2, 0.25) is 0 Å². The zero-order valence-corrected chi connectivity index (χ0v) is 14.3. The van der Waals surface area contributed by atoms with Crippen LogP contribution in [0.15, 0.2) is 41.7 Å². The van der Waals surface area contributed by atoms with Gasteiger partial charge in [-0.3, -0.25) is 4.98 Å². The van der Waals surface area contributed by atoms with E-state index in [-0.39, 0.29) is 6.10 Å². The second-order valence-corrected chi connectivity index (χ2v) is 7.60. The normalized spacial score (nSPS) is 22.6. The molecule has 3 heteroatoms. The Labute approximate surface area is 138 Å². The van der Waals surface area contributed by atoms with E-state index in [1.165, 1.54) is 12.8 Å². The van der Waals surface area contributed by atoms with Crippen molar-refractivity contribution in [2.75, 3.05) is 0 Å². The largest absolute Gasteiger partial charge is 0.392 e. The van der Waals surface area contributed by atoms with Crippen molar-refractivity contribution >= 4 is 17.1 Å². The molecule has 1 aromatic carbocycles. The maximum atomic E-state index is 5.74. The Bertz CT molecular complexity index is 674. The van der Waals surface area contributed by atoms with E-state index in [9.17, 15) is 0 Å². The number of hydrogen-bond donors (Lipinski definition) is 0. The van der Waals surface area contributed by atoms with Crippen molar-refractivity contribution in [2.45, 2.75) is 52.6 Å². The highest BCUT2D eigenvalue weighted by atomic mass is 16.6. The van der Waals surface area contributed by atoms with Crippen LogP contribution < -0.4 is 0 Å². The van der Waals surface area contributed by atoms with Gasteiger partial charge in [0, 0.05) is 17.1 Å². The Morgan fingerprint density at radius 2 is 1.83 bits per heavy atom. The fourth-order valence-corrected chi connectivity index (χ4v) is 3.44. The number of aromatic nitrogens is 1. The van der Waals surface area contributed by atoms with E-state index in [1.54, 1.807) is 6.21 Å². The van der Waals surface area contributed by atoms with Crippen LogP contribution in [0.4, 0.5) is 0 Å². The summed E-state index contributed by atoms with van der Waals surface area (Å²) < 4.78 is 0. The SMILES string of the molecule is CC(C)(C)C1CCC(O/N=C/c2cccc3cccnc23)CC1. The number of benzene rings is 1. The minimum Gasteiger partial charge on any atom is -0.392 e. The van der Waals surface area contributed by atoms with Crippen molar-refractivity contribution in [3.63, 3.8) is 0 Å². The van der Waals surface area contributed by atoms with Gasteiger partial charge in [0.1, 0.15) is 6.10 Å². The predicted molar refractivity (Wildman–Crippen MR) is 95.6 cm³/mol. The monoisotopic (exact) mass is 310 g/mol. The van der Waals surface area contributed by atoms with Crippen molar-refractivity contribution < 1.29 is 4.84 Å². The van der Waals surface area contributed by atoms with Crippen LogP contribution in [0.25, 0.3) is 10.9 Å².